The van der Waals surface area contributed by atoms with Crippen molar-refractivity contribution in [1.82, 2.24) is 10.2 Å². The lowest BCUT2D eigenvalue weighted by atomic mass is 10.1. The van der Waals surface area contributed by atoms with Crippen molar-refractivity contribution in [1.29, 1.82) is 0 Å². The van der Waals surface area contributed by atoms with Crippen LogP contribution in [0.2, 0.25) is 0 Å². The van der Waals surface area contributed by atoms with Crippen LogP contribution in [-0.2, 0) is 19.3 Å². The molecule has 0 radical (unpaired) electrons. The summed E-state index contributed by atoms with van der Waals surface area (Å²) in [7, 11) is 0. The minimum absolute atomic E-state index is 0.194. The molecular formula is C13H16FN3O. The highest BCUT2D eigenvalue weighted by molar-refractivity contribution is 5.17. The highest BCUT2D eigenvalue weighted by Gasteiger charge is 2.07. The lowest BCUT2D eigenvalue weighted by molar-refractivity contribution is 0.443. The van der Waals surface area contributed by atoms with E-state index >= 15 is 0 Å². The van der Waals surface area contributed by atoms with E-state index in [4.69, 9.17) is 10.2 Å². The van der Waals surface area contributed by atoms with Crippen LogP contribution in [0.5, 0.6) is 0 Å². The molecule has 0 fully saturated rings. The molecule has 5 heteroatoms. The molecule has 1 aromatic heterocycles. The Labute approximate surface area is 105 Å². The zero-order valence-electron chi connectivity index (χ0n) is 10.1. The van der Waals surface area contributed by atoms with E-state index in [1.807, 2.05) is 6.07 Å². The van der Waals surface area contributed by atoms with Crippen LogP contribution < -0.4 is 5.73 Å². The summed E-state index contributed by atoms with van der Waals surface area (Å²) in [6, 6.07) is 6.71. The zero-order chi connectivity index (χ0) is 12.8. The van der Waals surface area contributed by atoms with Crippen molar-refractivity contribution < 1.29 is 8.81 Å². The Kier molecular flexibility index (Phi) is 4.41. The Hall–Kier alpha value is -1.75. The predicted molar refractivity (Wildman–Crippen MR) is 65.5 cm³/mol. The molecule has 2 N–H and O–H groups in total. The van der Waals surface area contributed by atoms with Crippen LogP contribution in [0.3, 0.4) is 0 Å². The second-order valence-corrected chi connectivity index (χ2v) is 4.07. The van der Waals surface area contributed by atoms with Gasteiger partial charge in [0.15, 0.2) is 0 Å². The largest absolute Gasteiger partial charge is 0.425 e. The number of halogens is 1. The van der Waals surface area contributed by atoms with E-state index in [1.165, 1.54) is 6.07 Å². The highest BCUT2D eigenvalue weighted by Crippen LogP contribution is 2.11. The number of rotatable bonds is 6. The number of nitrogens with zero attached hydrogens (tertiary/aromatic N) is 2. The summed E-state index contributed by atoms with van der Waals surface area (Å²) in [5.41, 5.74) is 6.07. The minimum Gasteiger partial charge on any atom is -0.425 e. The molecule has 0 aliphatic heterocycles. The highest BCUT2D eigenvalue weighted by atomic mass is 19.1. The van der Waals surface area contributed by atoms with Gasteiger partial charge in [-0.3, -0.25) is 0 Å². The van der Waals surface area contributed by atoms with E-state index in [-0.39, 0.29) is 5.82 Å². The van der Waals surface area contributed by atoms with E-state index in [2.05, 4.69) is 10.2 Å². The lowest BCUT2D eigenvalue weighted by Crippen LogP contribution is -2.00. The fraction of sp³-hybridized carbons (Fsp3) is 0.385. The minimum atomic E-state index is -0.194. The molecule has 0 unspecified atom stereocenters. The van der Waals surface area contributed by atoms with E-state index in [0.29, 0.717) is 43.2 Å². The average Bonchev–Trinajstić information content (AvgIpc) is 2.83. The Morgan fingerprint density at radius 3 is 2.50 bits per heavy atom. The summed E-state index contributed by atoms with van der Waals surface area (Å²) < 4.78 is 18.8. The third-order valence-corrected chi connectivity index (χ3v) is 2.67. The van der Waals surface area contributed by atoms with Gasteiger partial charge < -0.3 is 10.2 Å². The number of nitrogens with two attached hydrogens (primary N) is 1. The first kappa shape index (κ1) is 12.7. The third-order valence-electron chi connectivity index (χ3n) is 2.67. The maximum absolute atomic E-state index is 13.4. The van der Waals surface area contributed by atoms with Gasteiger partial charge in [0.05, 0.1) is 0 Å². The standard InChI is InChI=1S/C13H16FN3O/c14-11-5-2-1-4-10(11)7-8-13-17-16-12(18-13)6-3-9-15/h1-2,4-5H,3,6-9,15H2. The molecule has 0 atom stereocenters. The average molecular weight is 249 g/mol. The SMILES string of the molecule is NCCCc1nnc(CCc2ccccc2F)o1. The summed E-state index contributed by atoms with van der Waals surface area (Å²) in [6.45, 7) is 0.604. The molecule has 96 valence electrons. The summed E-state index contributed by atoms with van der Waals surface area (Å²) in [4.78, 5) is 0. The van der Waals surface area contributed by atoms with Gasteiger partial charge in [-0.05, 0) is 31.0 Å². The van der Waals surface area contributed by atoms with Crippen LogP contribution in [-0.4, -0.2) is 16.7 Å². The van der Waals surface area contributed by atoms with Crippen LogP contribution >= 0.6 is 0 Å². The Morgan fingerprint density at radius 2 is 1.78 bits per heavy atom. The molecule has 1 heterocycles. The summed E-state index contributed by atoms with van der Waals surface area (Å²) in [5, 5.41) is 7.86. The molecule has 0 aliphatic rings. The first-order valence-corrected chi connectivity index (χ1v) is 6.04. The second-order valence-electron chi connectivity index (χ2n) is 4.07. The van der Waals surface area contributed by atoms with Gasteiger partial charge in [-0.25, -0.2) is 4.39 Å². The number of benzene rings is 1. The molecule has 0 saturated heterocycles. The van der Waals surface area contributed by atoms with Crippen LogP contribution in [0.25, 0.3) is 0 Å². The van der Waals surface area contributed by atoms with Crippen molar-refractivity contribution in [2.24, 2.45) is 5.73 Å². The van der Waals surface area contributed by atoms with Crippen molar-refractivity contribution in [3.05, 3.63) is 47.4 Å². The molecule has 0 aliphatic carbocycles. The molecule has 4 nitrogen and oxygen atoms in total. The monoisotopic (exact) mass is 249 g/mol. The first-order chi connectivity index (χ1) is 8.79. The van der Waals surface area contributed by atoms with Gasteiger partial charge in [-0.2, -0.15) is 0 Å². The summed E-state index contributed by atoms with van der Waals surface area (Å²) in [6.07, 6.45) is 2.64. The van der Waals surface area contributed by atoms with E-state index in [0.717, 1.165) is 6.42 Å². The van der Waals surface area contributed by atoms with Crippen molar-refractivity contribution >= 4 is 0 Å². The maximum atomic E-state index is 13.4. The van der Waals surface area contributed by atoms with E-state index in [1.54, 1.807) is 12.1 Å². The molecular weight excluding hydrogens is 233 g/mol. The van der Waals surface area contributed by atoms with Crippen LogP contribution in [0.1, 0.15) is 23.8 Å². The zero-order valence-corrected chi connectivity index (χ0v) is 10.1. The molecule has 0 bridgehead atoms. The summed E-state index contributed by atoms with van der Waals surface area (Å²) >= 11 is 0. The van der Waals surface area contributed by atoms with Gasteiger partial charge in [-0.1, -0.05) is 18.2 Å². The van der Waals surface area contributed by atoms with E-state index in [9.17, 15) is 4.39 Å². The molecule has 1 aromatic carbocycles. The van der Waals surface area contributed by atoms with Crippen molar-refractivity contribution in [2.75, 3.05) is 6.54 Å². The number of hydrogen-bond donors (Lipinski definition) is 1. The normalized spacial score (nSPS) is 10.8. The van der Waals surface area contributed by atoms with Gasteiger partial charge in [0.2, 0.25) is 11.8 Å². The summed E-state index contributed by atoms with van der Waals surface area (Å²) in [5.74, 6) is 0.953. The fourth-order valence-electron chi connectivity index (χ4n) is 1.69. The molecule has 0 saturated carbocycles. The molecule has 2 rings (SSSR count). The van der Waals surface area contributed by atoms with Crippen molar-refractivity contribution in [3.63, 3.8) is 0 Å². The van der Waals surface area contributed by atoms with E-state index < -0.39 is 0 Å². The van der Waals surface area contributed by atoms with Gasteiger partial charge >= 0.3 is 0 Å². The quantitative estimate of drug-likeness (QED) is 0.849. The maximum Gasteiger partial charge on any atom is 0.216 e. The molecule has 0 spiro atoms. The number of hydrogen-bond acceptors (Lipinski definition) is 4. The van der Waals surface area contributed by atoms with Crippen LogP contribution in [0.4, 0.5) is 4.39 Å². The Balaban J connectivity index is 1.90. The van der Waals surface area contributed by atoms with Gasteiger partial charge in [0, 0.05) is 12.8 Å². The lowest BCUT2D eigenvalue weighted by Gasteiger charge is -1.99. The smallest absolute Gasteiger partial charge is 0.216 e. The number of aryl methyl sites for hydroxylation is 3. The predicted octanol–water partition coefficient (Wildman–Crippen LogP) is 1.89. The van der Waals surface area contributed by atoms with Crippen molar-refractivity contribution in [2.45, 2.75) is 25.7 Å². The molecule has 18 heavy (non-hydrogen) atoms. The fourth-order valence-corrected chi connectivity index (χ4v) is 1.69. The number of aromatic nitrogens is 2. The topological polar surface area (TPSA) is 64.9 Å². The third kappa shape index (κ3) is 3.37. The van der Waals surface area contributed by atoms with Gasteiger partial charge in [0.1, 0.15) is 5.82 Å². The van der Waals surface area contributed by atoms with Gasteiger partial charge in [0.25, 0.3) is 0 Å². The van der Waals surface area contributed by atoms with Crippen LogP contribution in [0, 0.1) is 5.82 Å². The molecule has 2 aromatic rings. The second kappa shape index (κ2) is 6.26. The Bertz CT molecular complexity index is 498. The van der Waals surface area contributed by atoms with Crippen LogP contribution in [0.15, 0.2) is 28.7 Å². The molecule has 0 amide bonds. The first-order valence-electron chi connectivity index (χ1n) is 6.04. The Morgan fingerprint density at radius 1 is 1.06 bits per heavy atom. The van der Waals surface area contributed by atoms with Gasteiger partial charge in [-0.15, -0.1) is 10.2 Å². The van der Waals surface area contributed by atoms with Crippen molar-refractivity contribution in [3.8, 4) is 0 Å².